The molecule has 3 rings (SSSR count). The molecule has 0 fully saturated rings. The van der Waals surface area contributed by atoms with Crippen molar-refractivity contribution in [2.45, 2.75) is 26.4 Å². The fraction of sp³-hybridized carbons (Fsp3) is 0.211. The molecule has 0 saturated carbocycles. The molecule has 0 N–H and O–H groups in total. The van der Waals surface area contributed by atoms with E-state index in [4.69, 9.17) is 4.74 Å². The van der Waals surface area contributed by atoms with E-state index in [9.17, 15) is 4.79 Å². The summed E-state index contributed by atoms with van der Waals surface area (Å²) in [6, 6.07) is 12.2. The average molecular weight is 389 g/mol. The minimum absolute atomic E-state index is 0.377. The van der Waals surface area contributed by atoms with Crippen molar-refractivity contribution in [3.63, 3.8) is 0 Å². The van der Waals surface area contributed by atoms with Crippen LogP contribution in [-0.4, -0.2) is 11.6 Å². The predicted molar refractivity (Wildman–Crippen MR) is 102 cm³/mol. The zero-order valence-corrected chi connectivity index (χ0v) is 15.7. The van der Waals surface area contributed by atoms with Crippen molar-refractivity contribution in [3.05, 3.63) is 53.0 Å². The Bertz CT molecular complexity index is 932. The fourth-order valence-electron chi connectivity index (χ4n) is 2.39. The first-order chi connectivity index (χ1) is 10.7. The van der Waals surface area contributed by atoms with Gasteiger partial charge in [0.1, 0.15) is 5.60 Å². The molecule has 0 bridgehead atoms. The van der Waals surface area contributed by atoms with Gasteiger partial charge in [0.25, 0.3) is 0 Å². The summed E-state index contributed by atoms with van der Waals surface area (Å²) in [6.07, 6.45) is 0. The molecule has 0 unspecified atom stereocenters. The Hall–Kier alpha value is -1.65. The molecule has 4 heteroatoms. The molecule has 23 heavy (non-hydrogen) atoms. The Morgan fingerprint density at radius 2 is 1.70 bits per heavy atom. The van der Waals surface area contributed by atoms with Crippen LogP contribution in [-0.2, 0) is 9.53 Å². The summed E-state index contributed by atoms with van der Waals surface area (Å²) in [5.41, 5.74) is 0.659. The summed E-state index contributed by atoms with van der Waals surface area (Å²) in [7, 11) is 0. The number of hydrogen-bond acceptors (Lipinski definition) is 3. The van der Waals surface area contributed by atoms with E-state index in [0.717, 1.165) is 15.4 Å². The molecule has 0 saturated heterocycles. The third-order valence-electron chi connectivity index (χ3n) is 3.43. The van der Waals surface area contributed by atoms with E-state index in [1.165, 1.54) is 14.8 Å². The Balaban J connectivity index is 2.05. The highest BCUT2D eigenvalue weighted by Gasteiger charge is 2.20. The number of carbonyl (C=O) groups excluding carboxylic acids is 1. The van der Waals surface area contributed by atoms with Crippen molar-refractivity contribution in [3.8, 4) is 0 Å². The first kappa shape index (κ1) is 16.2. The molecule has 0 radical (unpaired) electrons. The first-order valence-electron chi connectivity index (χ1n) is 7.29. The van der Waals surface area contributed by atoms with Gasteiger partial charge in [0.15, 0.2) is 0 Å². The molecule has 118 valence electrons. The molecule has 0 spiro atoms. The van der Waals surface area contributed by atoms with Crippen molar-refractivity contribution < 1.29 is 9.53 Å². The number of halogens is 1. The van der Waals surface area contributed by atoms with Crippen molar-refractivity contribution in [2.24, 2.45) is 0 Å². The molecule has 1 heterocycles. The molecule has 2 aromatic carbocycles. The van der Waals surface area contributed by atoms with Crippen LogP contribution in [0.2, 0.25) is 0 Å². The third-order valence-corrected chi connectivity index (χ3v) is 5.07. The maximum absolute atomic E-state index is 12.2. The SMILES string of the molecule is C=C(C(=O)OC(C)(C)C)c1ccc2sc3ccc(Br)cc3c2c1. The quantitative estimate of drug-likeness (QED) is 0.387. The third kappa shape index (κ3) is 3.33. The van der Waals surface area contributed by atoms with Gasteiger partial charge in [-0.2, -0.15) is 0 Å². The average Bonchev–Trinajstić information content (AvgIpc) is 2.81. The predicted octanol–water partition coefficient (Wildman–Crippen LogP) is 6.17. The van der Waals surface area contributed by atoms with Crippen LogP contribution in [0.1, 0.15) is 26.3 Å². The zero-order chi connectivity index (χ0) is 16.8. The zero-order valence-electron chi connectivity index (χ0n) is 13.3. The lowest BCUT2D eigenvalue weighted by molar-refractivity contribution is -0.147. The van der Waals surface area contributed by atoms with Crippen LogP contribution >= 0.6 is 27.3 Å². The Kier molecular flexibility index (Phi) is 4.07. The molecular weight excluding hydrogens is 372 g/mol. The van der Waals surface area contributed by atoms with E-state index in [2.05, 4.69) is 34.6 Å². The normalized spacial score (nSPS) is 11.8. The van der Waals surface area contributed by atoms with Crippen LogP contribution in [0.4, 0.5) is 0 Å². The Morgan fingerprint density at radius 3 is 2.35 bits per heavy atom. The fourth-order valence-corrected chi connectivity index (χ4v) is 3.82. The molecule has 3 aromatic rings. The highest BCUT2D eigenvalue weighted by atomic mass is 79.9. The summed E-state index contributed by atoms with van der Waals surface area (Å²) in [5, 5.41) is 2.31. The van der Waals surface area contributed by atoms with Gasteiger partial charge >= 0.3 is 5.97 Å². The van der Waals surface area contributed by atoms with Gasteiger partial charge in [0.05, 0.1) is 5.57 Å². The topological polar surface area (TPSA) is 26.3 Å². The van der Waals surface area contributed by atoms with Gasteiger partial charge in [-0.15, -0.1) is 11.3 Å². The molecule has 0 aliphatic heterocycles. The second kappa shape index (κ2) is 5.77. The minimum Gasteiger partial charge on any atom is -0.456 e. The summed E-state index contributed by atoms with van der Waals surface area (Å²) >= 11 is 5.26. The lowest BCUT2D eigenvalue weighted by atomic mass is 10.0. The standard InChI is InChI=1S/C19H17BrO2S/c1-11(18(21)22-19(2,3)4)12-5-7-16-14(9-12)15-10-13(20)6-8-17(15)23-16/h5-10H,1H2,2-4H3. The van der Waals surface area contributed by atoms with E-state index >= 15 is 0 Å². The maximum Gasteiger partial charge on any atom is 0.338 e. The van der Waals surface area contributed by atoms with Gasteiger partial charge in [-0.25, -0.2) is 4.79 Å². The number of thiophene rings is 1. The molecule has 0 amide bonds. The second-order valence-electron chi connectivity index (χ2n) is 6.43. The maximum atomic E-state index is 12.2. The van der Waals surface area contributed by atoms with Crippen LogP contribution in [0.25, 0.3) is 25.7 Å². The highest BCUT2D eigenvalue weighted by molar-refractivity contribution is 9.10. The van der Waals surface area contributed by atoms with Crippen molar-refractivity contribution >= 4 is 59.0 Å². The van der Waals surface area contributed by atoms with Gasteiger partial charge in [-0.3, -0.25) is 0 Å². The molecule has 0 aliphatic rings. The van der Waals surface area contributed by atoms with Crippen LogP contribution in [0, 0.1) is 0 Å². The molecular formula is C19H17BrO2S. The second-order valence-corrected chi connectivity index (χ2v) is 8.43. The van der Waals surface area contributed by atoms with Gasteiger partial charge in [0, 0.05) is 24.6 Å². The van der Waals surface area contributed by atoms with Crippen molar-refractivity contribution in [2.75, 3.05) is 0 Å². The van der Waals surface area contributed by atoms with Crippen LogP contribution in [0.5, 0.6) is 0 Å². The molecule has 1 aromatic heterocycles. The largest absolute Gasteiger partial charge is 0.456 e. The first-order valence-corrected chi connectivity index (χ1v) is 8.90. The highest BCUT2D eigenvalue weighted by Crippen LogP contribution is 2.36. The van der Waals surface area contributed by atoms with Crippen LogP contribution < -0.4 is 0 Å². The van der Waals surface area contributed by atoms with Crippen molar-refractivity contribution in [1.29, 1.82) is 0 Å². The van der Waals surface area contributed by atoms with Gasteiger partial charge in [-0.1, -0.05) is 28.6 Å². The lowest BCUT2D eigenvalue weighted by Gasteiger charge is -2.20. The van der Waals surface area contributed by atoms with E-state index in [1.807, 2.05) is 45.0 Å². The number of benzene rings is 2. The molecule has 0 atom stereocenters. The summed E-state index contributed by atoms with van der Waals surface area (Å²) < 4.78 is 8.87. The van der Waals surface area contributed by atoms with Gasteiger partial charge in [-0.05, 0) is 56.7 Å². The van der Waals surface area contributed by atoms with E-state index in [-0.39, 0.29) is 5.97 Å². The lowest BCUT2D eigenvalue weighted by Crippen LogP contribution is -2.24. The van der Waals surface area contributed by atoms with Gasteiger partial charge < -0.3 is 4.74 Å². The van der Waals surface area contributed by atoms with Crippen LogP contribution in [0.3, 0.4) is 0 Å². The number of hydrogen-bond donors (Lipinski definition) is 0. The minimum atomic E-state index is -0.524. The molecule has 2 nitrogen and oxygen atoms in total. The Labute approximate surface area is 147 Å². The van der Waals surface area contributed by atoms with Crippen LogP contribution in [0.15, 0.2) is 47.4 Å². The monoisotopic (exact) mass is 388 g/mol. The number of carbonyl (C=O) groups is 1. The van der Waals surface area contributed by atoms with Gasteiger partial charge in [0.2, 0.25) is 0 Å². The number of esters is 1. The number of ether oxygens (including phenoxy) is 1. The molecule has 0 aliphatic carbocycles. The van der Waals surface area contributed by atoms with Crippen molar-refractivity contribution in [1.82, 2.24) is 0 Å². The van der Waals surface area contributed by atoms with E-state index in [0.29, 0.717) is 5.57 Å². The van der Waals surface area contributed by atoms with E-state index < -0.39 is 5.60 Å². The smallest absolute Gasteiger partial charge is 0.338 e. The number of rotatable bonds is 2. The van der Waals surface area contributed by atoms with E-state index in [1.54, 1.807) is 11.3 Å². The summed E-state index contributed by atoms with van der Waals surface area (Å²) in [4.78, 5) is 12.2. The Morgan fingerprint density at radius 1 is 1.09 bits per heavy atom. The summed E-state index contributed by atoms with van der Waals surface area (Å²) in [6.45, 7) is 9.47. The number of fused-ring (bicyclic) bond motifs is 3. The summed E-state index contributed by atoms with van der Waals surface area (Å²) in [5.74, 6) is -0.377.